The molecule has 2 heteroatoms. The Morgan fingerprint density at radius 3 is 2.17 bits per heavy atom. The molecule has 0 aliphatic rings. The third-order valence-corrected chi connectivity index (χ3v) is 1.92. The van der Waals surface area contributed by atoms with E-state index in [0.717, 1.165) is 17.8 Å². The largest absolute Gasteiger partial charge is 0.156 e. The highest BCUT2D eigenvalue weighted by molar-refractivity contribution is 5.07. The zero-order valence-corrected chi connectivity index (χ0v) is 8.68. The molecule has 0 aromatic carbocycles. The summed E-state index contributed by atoms with van der Waals surface area (Å²) in [6.45, 7) is 10.1. The first-order valence-electron chi connectivity index (χ1n) is 4.32. The Kier molecular flexibility index (Phi) is 5.26. The summed E-state index contributed by atoms with van der Waals surface area (Å²) in [5.41, 5.74) is 3.28. The van der Waals surface area contributed by atoms with Crippen molar-refractivity contribution in [2.75, 3.05) is 0 Å². The summed E-state index contributed by atoms with van der Waals surface area (Å²) in [4.78, 5) is 0. The molecule has 68 valence electrons. The molecule has 0 aromatic rings. The lowest BCUT2D eigenvalue weighted by atomic mass is 10.2. The Morgan fingerprint density at radius 2 is 1.75 bits per heavy atom. The van der Waals surface area contributed by atoms with Crippen molar-refractivity contribution in [2.24, 2.45) is 10.2 Å². The fraction of sp³-hybridized carbons (Fsp3) is 0.600. The van der Waals surface area contributed by atoms with E-state index in [-0.39, 0.29) is 0 Å². The highest BCUT2D eigenvalue weighted by Gasteiger charge is 1.91. The number of hydrogen-bond donors (Lipinski definition) is 0. The van der Waals surface area contributed by atoms with Gasteiger partial charge < -0.3 is 0 Å². The van der Waals surface area contributed by atoms with Crippen LogP contribution in [0.3, 0.4) is 0 Å². The lowest BCUT2D eigenvalue weighted by molar-refractivity contribution is 0.981. The molecule has 0 heterocycles. The molecule has 0 atom stereocenters. The fourth-order valence-corrected chi connectivity index (χ4v) is 0.553. The predicted octanol–water partition coefficient (Wildman–Crippen LogP) is 4.07. The first-order chi connectivity index (χ1) is 5.61. The van der Waals surface area contributed by atoms with E-state index >= 15 is 0 Å². The van der Waals surface area contributed by atoms with E-state index in [1.54, 1.807) is 0 Å². The average molecular weight is 166 g/mol. The van der Waals surface area contributed by atoms with E-state index < -0.39 is 0 Å². The normalized spacial score (nSPS) is 15.2. The van der Waals surface area contributed by atoms with Crippen LogP contribution < -0.4 is 0 Å². The van der Waals surface area contributed by atoms with Gasteiger partial charge in [0.2, 0.25) is 0 Å². The van der Waals surface area contributed by atoms with Gasteiger partial charge in [-0.3, -0.25) is 0 Å². The van der Waals surface area contributed by atoms with Crippen molar-refractivity contribution in [3.8, 4) is 0 Å². The number of rotatable bonds is 3. The summed E-state index contributed by atoms with van der Waals surface area (Å²) in [5.74, 6) is 0. The molecule has 0 amide bonds. The van der Waals surface area contributed by atoms with E-state index in [9.17, 15) is 0 Å². The van der Waals surface area contributed by atoms with Crippen LogP contribution in [-0.4, -0.2) is 0 Å². The minimum Gasteiger partial charge on any atom is -0.156 e. The predicted molar refractivity (Wildman–Crippen MR) is 53.0 cm³/mol. The van der Waals surface area contributed by atoms with Crippen molar-refractivity contribution in [1.29, 1.82) is 0 Å². The van der Waals surface area contributed by atoms with Crippen molar-refractivity contribution in [3.63, 3.8) is 0 Å². The van der Waals surface area contributed by atoms with E-state index in [4.69, 9.17) is 0 Å². The van der Waals surface area contributed by atoms with Gasteiger partial charge in [0.05, 0.1) is 11.4 Å². The van der Waals surface area contributed by atoms with Gasteiger partial charge in [0, 0.05) is 0 Å². The summed E-state index contributed by atoms with van der Waals surface area (Å²) >= 11 is 0. The quantitative estimate of drug-likeness (QED) is 0.565. The van der Waals surface area contributed by atoms with Gasteiger partial charge in [-0.2, -0.15) is 10.2 Å². The molecule has 0 N–H and O–H groups in total. The molecule has 0 saturated heterocycles. The van der Waals surface area contributed by atoms with Gasteiger partial charge in [-0.15, -0.1) is 0 Å². The van der Waals surface area contributed by atoms with E-state index in [2.05, 4.69) is 24.1 Å². The highest BCUT2D eigenvalue weighted by atomic mass is 15.1. The molecule has 0 aliphatic carbocycles. The summed E-state index contributed by atoms with van der Waals surface area (Å²) in [6, 6.07) is 0. The molecule has 0 saturated carbocycles. The van der Waals surface area contributed by atoms with Crippen LogP contribution in [0.4, 0.5) is 0 Å². The van der Waals surface area contributed by atoms with Crippen molar-refractivity contribution in [1.82, 2.24) is 0 Å². The number of azo groups is 1. The summed E-state index contributed by atoms with van der Waals surface area (Å²) in [6.07, 6.45) is 2.98. The topological polar surface area (TPSA) is 24.7 Å². The molecule has 2 nitrogen and oxygen atoms in total. The van der Waals surface area contributed by atoms with Gasteiger partial charge >= 0.3 is 0 Å². The van der Waals surface area contributed by atoms with Crippen molar-refractivity contribution in [2.45, 2.75) is 41.0 Å². The maximum Gasteiger partial charge on any atom is 0.0588 e. The molecule has 0 aromatic heterocycles. The lowest BCUT2D eigenvalue weighted by Gasteiger charge is -1.97. The molecule has 12 heavy (non-hydrogen) atoms. The lowest BCUT2D eigenvalue weighted by Crippen LogP contribution is -1.77. The maximum atomic E-state index is 4.10. The average Bonchev–Trinajstić information content (AvgIpc) is 2.11. The van der Waals surface area contributed by atoms with Gasteiger partial charge in [-0.25, -0.2) is 0 Å². The molecule has 0 spiro atoms. The van der Waals surface area contributed by atoms with Gasteiger partial charge in [-0.05, 0) is 34.1 Å². The molecule has 0 rings (SSSR count). The summed E-state index contributed by atoms with van der Waals surface area (Å²) in [5, 5.41) is 8.14. The van der Waals surface area contributed by atoms with Gasteiger partial charge in [0.25, 0.3) is 0 Å². The van der Waals surface area contributed by atoms with Crippen LogP contribution in [0.5, 0.6) is 0 Å². The standard InChI is InChI=1S/C10H18N2/c1-6-8(3)10(5)12-11-9(4)7-2/h7H,6H2,1-5H3/b9-7?,10-8-,12-11-. The maximum absolute atomic E-state index is 4.10. The zero-order chi connectivity index (χ0) is 9.56. The minimum atomic E-state index is 0.957. The van der Waals surface area contributed by atoms with Crippen molar-refractivity contribution in [3.05, 3.63) is 23.0 Å². The molecular weight excluding hydrogens is 148 g/mol. The molecule has 0 unspecified atom stereocenters. The molecule has 0 bridgehead atoms. The molecule has 0 radical (unpaired) electrons. The van der Waals surface area contributed by atoms with Crippen LogP contribution in [0.2, 0.25) is 0 Å². The first kappa shape index (κ1) is 11.1. The third kappa shape index (κ3) is 4.06. The Balaban J connectivity index is 4.36. The van der Waals surface area contributed by atoms with E-state index in [1.807, 2.05) is 26.8 Å². The number of nitrogens with zero attached hydrogens (tertiary/aromatic N) is 2. The van der Waals surface area contributed by atoms with Crippen LogP contribution in [0.1, 0.15) is 41.0 Å². The molecule has 0 aliphatic heterocycles. The van der Waals surface area contributed by atoms with Crippen LogP contribution >= 0.6 is 0 Å². The van der Waals surface area contributed by atoms with E-state index in [0.29, 0.717) is 0 Å². The second-order valence-electron chi connectivity index (χ2n) is 2.85. The van der Waals surface area contributed by atoms with E-state index in [1.165, 1.54) is 5.57 Å². The zero-order valence-electron chi connectivity index (χ0n) is 8.68. The molecular formula is C10H18N2. The minimum absolute atomic E-state index is 0.957. The number of hydrogen-bond acceptors (Lipinski definition) is 2. The third-order valence-electron chi connectivity index (χ3n) is 1.92. The van der Waals surface area contributed by atoms with Gasteiger partial charge in [-0.1, -0.05) is 18.6 Å². The fourth-order valence-electron chi connectivity index (χ4n) is 0.553. The van der Waals surface area contributed by atoms with Gasteiger partial charge in [0.15, 0.2) is 0 Å². The number of allylic oxidation sites excluding steroid dienone is 4. The highest BCUT2D eigenvalue weighted by Crippen LogP contribution is 2.09. The Morgan fingerprint density at radius 1 is 1.17 bits per heavy atom. The SMILES string of the molecule is CC=C(C)/N=N\C(C)=C(\C)CC. The van der Waals surface area contributed by atoms with Crippen molar-refractivity contribution >= 4 is 0 Å². The summed E-state index contributed by atoms with van der Waals surface area (Å²) < 4.78 is 0. The Labute approximate surface area is 75.1 Å². The van der Waals surface area contributed by atoms with Crippen LogP contribution in [0, 0.1) is 0 Å². The van der Waals surface area contributed by atoms with Crippen LogP contribution in [0.15, 0.2) is 33.3 Å². The Bertz CT molecular complexity index is 222. The smallest absolute Gasteiger partial charge is 0.0588 e. The van der Waals surface area contributed by atoms with Gasteiger partial charge in [0.1, 0.15) is 0 Å². The van der Waals surface area contributed by atoms with Crippen LogP contribution in [0.25, 0.3) is 0 Å². The summed E-state index contributed by atoms with van der Waals surface area (Å²) in [7, 11) is 0. The molecule has 0 fully saturated rings. The van der Waals surface area contributed by atoms with Crippen molar-refractivity contribution < 1.29 is 0 Å². The Hall–Kier alpha value is -0.920. The second kappa shape index (κ2) is 5.70. The monoisotopic (exact) mass is 166 g/mol. The second-order valence-corrected chi connectivity index (χ2v) is 2.85. The van der Waals surface area contributed by atoms with Crippen LogP contribution in [-0.2, 0) is 0 Å². The first-order valence-corrected chi connectivity index (χ1v) is 4.32.